The van der Waals surface area contributed by atoms with Gasteiger partial charge in [0.2, 0.25) is 12.7 Å². The van der Waals surface area contributed by atoms with Crippen molar-refractivity contribution >= 4 is 11.9 Å². The van der Waals surface area contributed by atoms with Gasteiger partial charge in [-0.2, -0.15) is 0 Å². The van der Waals surface area contributed by atoms with Crippen LogP contribution in [0.2, 0.25) is 0 Å². The van der Waals surface area contributed by atoms with Crippen LogP contribution in [-0.2, 0) is 16.6 Å². The van der Waals surface area contributed by atoms with E-state index in [4.69, 9.17) is 23.7 Å². The zero-order valence-corrected chi connectivity index (χ0v) is 23.5. The highest BCUT2D eigenvalue weighted by atomic mass is 16.7. The average Bonchev–Trinajstić information content (AvgIpc) is 3.62. The Hall–Kier alpha value is -5.25. The van der Waals surface area contributed by atoms with E-state index in [1.54, 1.807) is 30.3 Å². The SMILES string of the molecule is CCCOc1ccc2c(c1)CC(C(=O)O)C2(c1ccc2c(c1)OCO2)c1ccc(OC)cc1Oc1ncccc1C(=O)O. The number of rotatable bonds is 10. The first-order valence-corrected chi connectivity index (χ1v) is 13.8. The fraction of sp³-hybridized carbons (Fsp3) is 0.242. The summed E-state index contributed by atoms with van der Waals surface area (Å²) in [5.41, 5.74) is 1.24. The molecular formula is C33H29NO9. The van der Waals surface area contributed by atoms with Crippen molar-refractivity contribution in [2.24, 2.45) is 5.92 Å². The van der Waals surface area contributed by atoms with Crippen LogP contribution in [0.3, 0.4) is 0 Å². The Morgan fingerprint density at radius 2 is 1.77 bits per heavy atom. The van der Waals surface area contributed by atoms with Gasteiger partial charge in [-0.25, -0.2) is 9.78 Å². The Morgan fingerprint density at radius 1 is 0.977 bits per heavy atom. The van der Waals surface area contributed by atoms with Crippen LogP contribution in [0.1, 0.15) is 46.0 Å². The number of aromatic nitrogens is 1. The fourth-order valence-corrected chi connectivity index (χ4v) is 6.03. The lowest BCUT2D eigenvalue weighted by Gasteiger charge is -2.37. The van der Waals surface area contributed by atoms with E-state index in [2.05, 4.69) is 4.98 Å². The smallest absolute Gasteiger partial charge is 0.341 e. The Bertz CT molecular complexity index is 1720. The molecule has 0 radical (unpaired) electrons. The Labute approximate surface area is 247 Å². The number of carbonyl (C=O) groups is 2. The number of ether oxygens (including phenoxy) is 5. The summed E-state index contributed by atoms with van der Waals surface area (Å²) in [6.07, 6.45) is 2.46. The first-order valence-electron chi connectivity index (χ1n) is 13.8. The molecule has 1 aromatic heterocycles. The summed E-state index contributed by atoms with van der Waals surface area (Å²) >= 11 is 0. The second-order valence-corrected chi connectivity index (χ2v) is 10.3. The van der Waals surface area contributed by atoms with Crippen LogP contribution in [0.15, 0.2) is 72.9 Å². The van der Waals surface area contributed by atoms with Gasteiger partial charge in [0.15, 0.2) is 11.5 Å². The molecule has 0 amide bonds. The number of methoxy groups -OCH3 is 1. The second kappa shape index (κ2) is 11.2. The number of fused-ring (bicyclic) bond motifs is 2. The molecule has 0 bridgehead atoms. The van der Waals surface area contributed by atoms with Gasteiger partial charge < -0.3 is 33.9 Å². The molecule has 2 atom stereocenters. The Balaban J connectivity index is 1.64. The predicted molar refractivity (Wildman–Crippen MR) is 154 cm³/mol. The molecule has 6 rings (SSSR count). The molecule has 0 saturated heterocycles. The van der Waals surface area contributed by atoms with Crippen LogP contribution in [0.5, 0.6) is 34.6 Å². The number of hydrogen-bond donors (Lipinski definition) is 2. The first kappa shape index (κ1) is 27.9. The van der Waals surface area contributed by atoms with Crippen LogP contribution in [-0.4, -0.2) is 47.6 Å². The van der Waals surface area contributed by atoms with Crippen LogP contribution in [0.4, 0.5) is 0 Å². The van der Waals surface area contributed by atoms with Gasteiger partial charge >= 0.3 is 11.9 Å². The molecule has 10 nitrogen and oxygen atoms in total. The number of benzene rings is 3. The summed E-state index contributed by atoms with van der Waals surface area (Å²) in [7, 11) is 1.50. The van der Waals surface area contributed by atoms with Crippen molar-refractivity contribution in [3.63, 3.8) is 0 Å². The van der Waals surface area contributed by atoms with Crippen LogP contribution >= 0.6 is 0 Å². The summed E-state index contributed by atoms with van der Waals surface area (Å²) in [6, 6.07) is 19.0. The van der Waals surface area contributed by atoms with Gasteiger partial charge in [-0.15, -0.1) is 0 Å². The van der Waals surface area contributed by atoms with E-state index in [0.29, 0.717) is 40.7 Å². The van der Waals surface area contributed by atoms with Crippen LogP contribution in [0.25, 0.3) is 0 Å². The molecule has 3 aromatic carbocycles. The molecule has 4 aromatic rings. The maximum absolute atomic E-state index is 13.2. The van der Waals surface area contributed by atoms with Gasteiger partial charge in [0.25, 0.3) is 0 Å². The molecule has 0 fully saturated rings. The van der Waals surface area contributed by atoms with E-state index in [-0.39, 0.29) is 30.4 Å². The van der Waals surface area contributed by atoms with Gasteiger partial charge in [-0.05, 0) is 72.0 Å². The molecule has 2 heterocycles. The predicted octanol–water partition coefficient (Wildman–Crippen LogP) is 5.69. The molecular weight excluding hydrogens is 554 g/mol. The second-order valence-electron chi connectivity index (χ2n) is 10.3. The van der Waals surface area contributed by atoms with Crippen molar-refractivity contribution in [2.45, 2.75) is 25.2 Å². The molecule has 1 aliphatic carbocycles. The normalized spacial score (nSPS) is 18.1. The monoisotopic (exact) mass is 583 g/mol. The van der Waals surface area contributed by atoms with E-state index in [9.17, 15) is 19.8 Å². The van der Waals surface area contributed by atoms with E-state index >= 15 is 0 Å². The van der Waals surface area contributed by atoms with Crippen molar-refractivity contribution in [2.75, 3.05) is 20.5 Å². The lowest BCUT2D eigenvalue weighted by molar-refractivity contribution is -0.142. The summed E-state index contributed by atoms with van der Waals surface area (Å²) in [6.45, 7) is 2.60. The average molecular weight is 584 g/mol. The third kappa shape index (κ3) is 4.74. The minimum Gasteiger partial charge on any atom is -0.497 e. The summed E-state index contributed by atoms with van der Waals surface area (Å²) in [5.74, 6) is -1.03. The highest BCUT2D eigenvalue weighted by Crippen LogP contribution is 2.57. The van der Waals surface area contributed by atoms with Crippen molar-refractivity contribution in [3.05, 3.63) is 101 Å². The molecule has 2 N–H and O–H groups in total. The number of nitrogens with zero attached hydrogens (tertiary/aromatic N) is 1. The zero-order valence-electron chi connectivity index (χ0n) is 23.5. The molecule has 2 unspecified atom stereocenters. The van der Waals surface area contributed by atoms with Gasteiger partial charge in [0.05, 0.1) is 25.0 Å². The molecule has 0 saturated carbocycles. The third-order valence-electron chi connectivity index (χ3n) is 7.87. The maximum atomic E-state index is 13.2. The number of carboxylic acids is 2. The molecule has 10 heteroatoms. The Morgan fingerprint density at radius 3 is 2.53 bits per heavy atom. The van der Waals surface area contributed by atoms with Crippen LogP contribution < -0.4 is 23.7 Å². The van der Waals surface area contributed by atoms with Crippen LogP contribution in [0, 0.1) is 5.92 Å². The molecule has 43 heavy (non-hydrogen) atoms. The topological polar surface area (TPSA) is 134 Å². The highest BCUT2D eigenvalue weighted by Gasteiger charge is 2.54. The largest absolute Gasteiger partial charge is 0.497 e. The van der Waals surface area contributed by atoms with Gasteiger partial charge in [0.1, 0.15) is 22.8 Å². The van der Waals surface area contributed by atoms with E-state index in [1.165, 1.54) is 25.4 Å². The molecule has 0 spiro atoms. The van der Waals surface area contributed by atoms with Gasteiger partial charge in [0, 0.05) is 17.8 Å². The van der Waals surface area contributed by atoms with Crippen molar-refractivity contribution in [1.82, 2.24) is 4.98 Å². The lowest BCUT2D eigenvalue weighted by Crippen LogP contribution is -2.39. The summed E-state index contributed by atoms with van der Waals surface area (Å²) < 4.78 is 28.9. The van der Waals surface area contributed by atoms with Crippen molar-refractivity contribution < 1.29 is 43.5 Å². The number of aromatic carboxylic acids is 1. The standard InChI is InChI=1S/C33H29NO9/c1-3-13-40-22-8-9-24-19(14-22)15-26(32(37)38)33(24,20-6-11-27-29(16-20)42-18-41-27)25-10-7-21(39-2)17-28(25)43-30-23(31(35)36)5-4-12-34-30/h4-12,14,16-17,26H,3,13,15,18H2,1-2H3,(H,35,36)(H,37,38). The van der Waals surface area contributed by atoms with E-state index in [0.717, 1.165) is 17.5 Å². The highest BCUT2D eigenvalue weighted by molar-refractivity contribution is 5.90. The summed E-state index contributed by atoms with van der Waals surface area (Å²) in [4.78, 5) is 29.4. The minimum absolute atomic E-state index is 0.0530. The number of aliphatic carboxylic acids is 1. The minimum atomic E-state index is -1.30. The quantitative estimate of drug-likeness (QED) is 0.240. The first-order chi connectivity index (χ1) is 20.9. The summed E-state index contributed by atoms with van der Waals surface area (Å²) in [5, 5.41) is 20.6. The fourth-order valence-electron chi connectivity index (χ4n) is 6.03. The van der Waals surface area contributed by atoms with Gasteiger partial charge in [-0.3, -0.25) is 4.79 Å². The van der Waals surface area contributed by atoms with Gasteiger partial charge in [-0.1, -0.05) is 25.1 Å². The molecule has 220 valence electrons. The maximum Gasteiger partial charge on any atom is 0.341 e. The van der Waals surface area contributed by atoms with Crippen molar-refractivity contribution in [1.29, 1.82) is 0 Å². The molecule has 1 aliphatic heterocycles. The lowest BCUT2D eigenvalue weighted by atomic mass is 9.64. The zero-order chi connectivity index (χ0) is 30.1. The number of hydrogen-bond acceptors (Lipinski definition) is 8. The van der Waals surface area contributed by atoms with E-state index < -0.39 is 23.3 Å². The number of pyridine rings is 1. The van der Waals surface area contributed by atoms with Crippen molar-refractivity contribution in [3.8, 4) is 34.6 Å². The number of carboxylic acid groups (broad SMARTS) is 2. The third-order valence-corrected chi connectivity index (χ3v) is 7.87. The molecule has 2 aliphatic rings. The Kier molecular flexibility index (Phi) is 7.27. The van der Waals surface area contributed by atoms with E-state index in [1.807, 2.05) is 31.2 Å².